The van der Waals surface area contributed by atoms with Gasteiger partial charge in [-0.15, -0.1) is 11.3 Å². The number of nitrogens with one attached hydrogen (secondary N) is 1. The molecule has 1 aromatic rings. The van der Waals surface area contributed by atoms with E-state index in [1.807, 2.05) is 24.6 Å². The molecule has 5 nitrogen and oxygen atoms in total. The molecule has 26 heavy (non-hydrogen) atoms. The highest BCUT2D eigenvalue weighted by atomic mass is 32.1. The van der Waals surface area contributed by atoms with Gasteiger partial charge in [0.15, 0.2) is 0 Å². The van der Waals surface area contributed by atoms with Crippen LogP contribution < -0.4 is 5.32 Å². The predicted octanol–water partition coefficient (Wildman–Crippen LogP) is 2.65. The first-order valence-electron chi connectivity index (χ1n) is 9.87. The summed E-state index contributed by atoms with van der Waals surface area (Å²) < 4.78 is 0. The summed E-state index contributed by atoms with van der Waals surface area (Å²) in [5, 5.41) is 5.22. The van der Waals surface area contributed by atoms with Gasteiger partial charge in [0.2, 0.25) is 11.8 Å². The van der Waals surface area contributed by atoms with Crippen molar-refractivity contribution in [1.82, 2.24) is 15.1 Å². The van der Waals surface area contributed by atoms with Gasteiger partial charge in [0.05, 0.1) is 12.0 Å². The Morgan fingerprint density at radius 2 is 2.08 bits per heavy atom. The Morgan fingerprint density at radius 3 is 2.73 bits per heavy atom. The minimum Gasteiger partial charge on any atom is -0.355 e. The van der Waals surface area contributed by atoms with Crippen molar-refractivity contribution in [1.29, 1.82) is 0 Å². The summed E-state index contributed by atoms with van der Waals surface area (Å²) in [6, 6.07) is 3.91. The van der Waals surface area contributed by atoms with Gasteiger partial charge in [-0.25, -0.2) is 0 Å². The molecule has 3 heterocycles. The van der Waals surface area contributed by atoms with Crippen molar-refractivity contribution in [2.75, 3.05) is 33.2 Å². The molecule has 1 saturated carbocycles. The van der Waals surface area contributed by atoms with Crippen LogP contribution in [0.5, 0.6) is 0 Å². The lowest BCUT2D eigenvalue weighted by Crippen LogP contribution is -2.42. The normalized spacial score (nSPS) is 28.3. The molecule has 1 aliphatic carbocycles. The van der Waals surface area contributed by atoms with Crippen LogP contribution in [-0.2, 0) is 9.59 Å². The lowest BCUT2D eigenvalue weighted by Gasteiger charge is -2.31. The van der Waals surface area contributed by atoms with E-state index in [9.17, 15) is 9.59 Å². The van der Waals surface area contributed by atoms with E-state index in [0.717, 1.165) is 18.0 Å². The molecule has 0 spiro atoms. The molecule has 3 fully saturated rings. The number of carbonyl (C=O) groups excluding carboxylic acids is 2. The van der Waals surface area contributed by atoms with Crippen molar-refractivity contribution in [3.05, 3.63) is 22.4 Å². The molecule has 142 valence electrons. The minimum absolute atomic E-state index is 0.0472. The van der Waals surface area contributed by atoms with Gasteiger partial charge < -0.3 is 15.1 Å². The first-order valence-corrected chi connectivity index (χ1v) is 10.8. The second-order valence-electron chi connectivity index (χ2n) is 8.33. The van der Waals surface area contributed by atoms with Gasteiger partial charge in [-0.3, -0.25) is 9.59 Å². The summed E-state index contributed by atoms with van der Waals surface area (Å²) >= 11 is 1.63. The molecule has 2 saturated heterocycles. The van der Waals surface area contributed by atoms with E-state index >= 15 is 0 Å². The molecule has 2 aliphatic heterocycles. The summed E-state index contributed by atoms with van der Waals surface area (Å²) in [6.07, 6.45) is 6.71. The van der Waals surface area contributed by atoms with Crippen molar-refractivity contribution in [2.24, 2.45) is 11.3 Å². The van der Waals surface area contributed by atoms with Crippen molar-refractivity contribution >= 4 is 23.2 Å². The Labute approximate surface area is 159 Å². The fourth-order valence-corrected chi connectivity index (χ4v) is 5.45. The van der Waals surface area contributed by atoms with Crippen LogP contribution in [0.3, 0.4) is 0 Å². The first kappa shape index (κ1) is 18.0. The van der Waals surface area contributed by atoms with Crippen molar-refractivity contribution in [3.63, 3.8) is 0 Å². The molecule has 0 radical (unpaired) electrons. The lowest BCUT2D eigenvalue weighted by atomic mass is 9.97. The number of amides is 2. The maximum Gasteiger partial charge on any atom is 0.226 e. The van der Waals surface area contributed by atoms with E-state index in [1.165, 1.54) is 45.2 Å². The highest BCUT2D eigenvalue weighted by molar-refractivity contribution is 7.10. The highest BCUT2D eigenvalue weighted by Crippen LogP contribution is 2.46. The summed E-state index contributed by atoms with van der Waals surface area (Å²) in [4.78, 5) is 30.5. The van der Waals surface area contributed by atoms with Crippen molar-refractivity contribution in [3.8, 4) is 0 Å². The second kappa shape index (κ2) is 7.31. The second-order valence-corrected chi connectivity index (χ2v) is 9.31. The minimum atomic E-state index is -0.267. The molecule has 6 heteroatoms. The molecule has 4 rings (SSSR count). The number of rotatable bonds is 6. The summed E-state index contributed by atoms with van der Waals surface area (Å²) in [7, 11) is 1.82. The van der Waals surface area contributed by atoms with E-state index in [1.54, 1.807) is 16.2 Å². The number of carbonyl (C=O) groups is 2. The Morgan fingerprint density at radius 1 is 1.31 bits per heavy atom. The van der Waals surface area contributed by atoms with Gasteiger partial charge in [0.25, 0.3) is 0 Å². The van der Waals surface area contributed by atoms with E-state index in [0.29, 0.717) is 6.42 Å². The summed E-state index contributed by atoms with van der Waals surface area (Å²) in [5.41, 5.74) is 0.278. The zero-order valence-electron chi connectivity index (χ0n) is 15.6. The number of thiophene rings is 1. The average molecular weight is 376 g/mol. The third kappa shape index (κ3) is 3.67. The Kier molecular flexibility index (Phi) is 5.06. The molecule has 0 bridgehead atoms. The fraction of sp³-hybridized carbons (Fsp3) is 0.700. The fourth-order valence-electron chi connectivity index (χ4n) is 4.52. The van der Waals surface area contributed by atoms with Crippen LogP contribution in [0.1, 0.15) is 49.4 Å². The van der Waals surface area contributed by atoms with Crippen LogP contribution in [0.4, 0.5) is 0 Å². The first-order chi connectivity index (χ1) is 12.6. The molecule has 3 aliphatic rings. The molecule has 2 amide bonds. The van der Waals surface area contributed by atoms with Crippen LogP contribution in [0.25, 0.3) is 0 Å². The standard InChI is InChI=1S/C20H29N3O2S/c1-22-17(24)12-15(18(22)16-6-5-11-26-16)19(25)21-13-20(7-8-20)14-23-9-3-2-4-10-23/h5-6,11,15,18H,2-4,7-10,12-14H2,1H3,(H,21,25). The van der Waals surface area contributed by atoms with Crippen molar-refractivity contribution in [2.45, 2.75) is 44.6 Å². The number of hydrogen-bond acceptors (Lipinski definition) is 4. The zero-order chi connectivity index (χ0) is 18.1. The average Bonchev–Trinajstić information content (AvgIpc) is 3.06. The van der Waals surface area contributed by atoms with E-state index in [2.05, 4.69) is 10.2 Å². The molecule has 1 aromatic heterocycles. The summed E-state index contributed by atoms with van der Waals surface area (Å²) in [6.45, 7) is 4.29. The van der Waals surface area contributed by atoms with Gasteiger partial charge in [-0.05, 0) is 50.2 Å². The number of piperidine rings is 1. The van der Waals surface area contributed by atoms with Gasteiger partial charge in [-0.1, -0.05) is 12.5 Å². The van der Waals surface area contributed by atoms with Crippen LogP contribution >= 0.6 is 11.3 Å². The van der Waals surface area contributed by atoms with Gasteiger partial charge in [0, 0.05) is 36.9 Å². The van der Waals surface area contributed by atoms with E-state index in [4.69, 9.17) is 0 Å². The SMILES string of the molecule is CN1C(=O)CC(C(=O)NCC2(CN3CCCCC3)CC2)C1c1cccs1. The Hall–Kier alpha value is -1.40. The third-order valence-electron chi connectivity index (χ3n) is 6.36. The number of hydrogen-bond donors (Lipinski definition) is 1. The highest BCUT2D eigenvalue weighted by Gasteiger charge is 2.46. The molecular weight excluding hydrogens is 346 g/mol. The van der Waals surface area contributed by atoms with E-state index < -0.39 is 0 Å². The monoisotopic (exact) mass is 375 g/mol. The Bertz CT molecular complexity index is 650. The topological polar surface area (TPSA) is 52.7 Å². The zero-order valence-corrected chi connectivity index (χ0v) is 16.4. The molecule has 2 atom stereocenters. The largest absolute Gasteiger partial charge is 0.355 e. The predicted molar refractivity (Wildman–Crippen MR) is 103 cm³/mol. The number of likely N-dealkylation sites (tertiary alicyclic amines) is 2. The maximum absolute atomic E-state index is 12.9. The smallest absolute Gasteiger partial charge is 0.226 e. The van der Waals surface area contributed by atoms with Crippen LogP contribution in [-0.4, -0.2) is 54.8 Å². The summed E-state index contributed by atoms with van der Waals surface area (Å²) in [5.74, 6) is -0.152. The third-order valence-corrected chi connectivity index (χ3v) is 7.30. The van der Waals surface area contributed by atoms with Crippen LogP contribution in [0.2, 0.25) is 0 Å². The lowest BCUT2D eigenvalue weighted by molar-refractivity contribution is -0.128. The quantitative estimate of drug-likeness (QED) is 0.832. The van der Waals surface area contributed by atoms with Gasteiger partial charge in [-0.2, -0.15) is 0 Å². The van der Waals surface area contributed by atoms with E-state index in [-0.39, 0.29) is 29.2 Å². The van der Waals surface area contributed by atoms with Crippen molar-refractivity contribution < 1.29 is 9.59 Å². The molecule has 2 unspecified atom stereocenters. The Balaban J connectivity index is 1.36. The molecular formula is C20H29N3O2S. The van der Waals surface area contributed by atoms with Gasteiger partial charge in [0.1, 0.15) is 0 Å². The van der Waals surface area contributed by atoms with Crippen LogP contribution in [0, 0.1) is 11.3 Å². The van der Waals surface area contributed by atoms with Gasteiger partial charge >= 0.3 is 0 Å². The maximum atomic E-state index is 12.9. The molecule has 0 aromatic carbocycles. The molecule has 1 N–H and O–H groups in total. The number of nitrogens with zero attached hydrogens (tertiary/aromatic N) is 2. The van der Waals surface area contributed by atoms with Crippen LogP contribution in [0.15, 0.2) is 17.5 Å².